The maximum Gasteiger partial charge on any atom is 0.234 e. The van der Waals surface area contributed by atoms with Gasteiger partial charge in [0.05, 0.1) is 29.2 Å². The number of carbonyl (C=O) groups excluding carboxylic acids is 1. The minimum Gasteiger partial charge on any atom is -0.379 e. The number of ether oxygens (including phenoxy) is 1. The van der Waals surface area contributed by atoms with Crippen molar-refractivity contribution in [3.8, 4) is 0 Å². The molecule has 152 valence electrons. The summed E-state index contributed by atoms with van der Waals surface area (Å²) in [7, 11) is 0. The summed E-state index contributed by atoms with van der Waals surface area (Å²) in [5, 5.41) is 4.18. The Bertz CT molecular complexity index is 754. The maximum atomic E-state index is 13.1. The molecule has 6 heteroatoms. The lowest BCUT2D eigenvalue weighted by atomic mass is 9.72. The standard InChI is InChI=1S/C22H31N3O2S/c1-22(2,3)18-16-14-15-6-4-5-7-17(15)24-21(16)28-19(18)20(26)23-8-9-25-10-12-27-13-11-25/h5-7,18-19H,4,8-14H2,1-3H3,(H,23,26). The Balaban J connectivity index is 1.45. The molecule has 1 saturated heterocycles. The first-order valence-corrected chi connectivity index (χ1v) is 11.2. The maximum absolute atomic E-state index is 13.1. The molecule has 2 atom stereocenters. The van der Waals surface area contributed by atoms with Crippen molar-refractivity contribution in [1.82, 2.24) is 10.2 Å². The number of amides is 1. The summed E-state index contributed by atoms with van der Waals surface area (Å²) in [5.41, 5.74) is 3.79. The zero-order chi connectivity index (χ0) is 19.7. The fourth-order valence-electron chi connectivity index (χ4n) is 4.50. The Hall–Kier alpha value is -1.37. The van der Waals surface area contributed by atoms with Crippen molar-refractivity contribution in [3.05, 3.63) is 34.4 Å². The molecular weight excluding hydrogens is 370 g/mol. The minimum atomic E-state index is -0.0937. The van der Waals surface area contributed by atoms with E-state index in [-0.39, 0.29) is 22.5 Å². The van der Waals surface area contributed by atoms with E-state index in [4.69, 9.17) is 9.73 Å². The Morgan fingerprint density at radius 1 is 1.36 bits per heavy atom. The highest BCUT2D eigenvalue weighted by molar-refractivity contribution is 8.04. The number of morpholine rings is 1. The molecule has 1 amide bonds. The normalized spacial score (nSPS) is 27.8. The summed E-state index contributed by atoms with van der Waals surface area (Å²) < 4.78 is 5.39. The molecule has 4 rings (SSSR count). The zero-order valence-electron chi connectivity index (χ0n) is 17.2. The molecule has 1 aliphatic carbocycles. The van der Waals surface area contributed by atoms with Gasteiger partial charge in [-0.15, -0.1) is 0 Å². The van der Waals surface area contributed by atoms with Crippen LogP contribution in [0.25, 0.3) is 0 Å². The lowest BCUT2D eigenvalue weighted by Crippen LogP contribution is -2.45. The smallest absolute Gasteiger partial charge is 0.234 e. The summed E-state index contributed by atoms with van der Waals surface area (Å²) in [6.45, 7) is 11.8. The second-order valence-corrected chi connectivity index (χ2v) is 10.1. The highest BCUT2D eigenvalue weighted by atomic mass is 32.2. The summed E-state index contributed by atoms with van der Waals surface area (Å²) in [5.74, 6) is 0.369. The lowest BCUT2D eigenvalue weighted by Gasteiger charge is -2.34. The number of allylic oxidation sites excluding steroid dienone is 5. The number of aliphatic imine (C=N–C) groups is 1. The van der Waals surface area contributed by atoms with Crippen LogP contribution in [0.3, 0.4) is 0 Å². The van der Waals surface area contributed by atoms with E-state index >= 15 is 0 Å². The average Bonchev–Trinajstić information content (AvgIpc) is 3.05. The fourth-order valence-corrected chi connectivity index (χ4v) is 6.14. The van der Waals surface area contributed by atoms with Crippen LogP contribution in [0.1, 0.15) is 33.6 Å². The quantitative estimate of drug-likeness (QED) is 0.786. The fraction of sp³-hybridized carbons (Fsp3) is 0.636. The number of thioether (sulfide) groups is 1. The summed E-state index contributed by atoms with van der Waals surface area (Å²) in [6.07, 6.45) is 8.48. The van der Waals surface area contributed by atoms with Crippen molar-refractivity contribution in [2.45, 2.75) is 38.9 Å². The summed E-state index contributed by atoms with van der Waals surface area (Å²) >= 11 is 1.66. The van der Waals surface area contributed by atoms with Crippen molar-refractivity contribution in [3.63, 3.8) is 0 Å². The van der Waals surface area contributed by atoms with E-state index in [0.29, 0.717) is 6.54 Å². The molecule has 4 aliphatic rings. The van der Waals surface area contributed by atoms with E-state index in [2.05, 4.69) is 49.2 Å². The van der Waals surface area contributed by atoms with E-state index in [1.165, 1.54) is 11.1 Å². The Morgan fingerprint density at radius 3 is 2.89 bits per heavy atom. The van der Waals surface area contributed by atoms with Gasteiger partial charge >= 0.3 is 0 Å². The van der Waals surface area contributed by atoms with Crippen LogP contribution in [-0.2, 0) is 9.53 Å². The van der Waals surface area contributed by atoms with Gasteiger partial charge in [0.1, 0.15) is 0 Å². The van der Waals surface area contributed by atoms with Crippen LogP contribution >= 0.6 is 11.8 Å². The van der Waals surface area contributed by atoms with Gasteiger partial charge in [0.15, 0.2) is 0 Å². The predicted octanol–water partition coefficient (Wildman–Crippen LogP) is 3.16. The average molecular weight is 402 g/mol. The van der Waals surface area contributed by atoms with E-state index in [1.54, 1.807) is 11.8 Å². The van der Waals surface area contributed by atoms with E-state index < -0.39 is 0 Å². The van der Waals surface area contributed by atoms with Crippen molar-refractivity contribution >= 4 is 23.4 Å². The highest BCUT2D eigenvalue weighted by Crippen LogP contribution is 2.54. The predicted molar refractivity (Wildman–Crippen MR) is 116 cm³/mol. The third kappa shape index (κ3) is 4.14. The Labute approximate surface area is 172 Å². The van der Waals surface area contributed by atoms with E-state index in [1.807, 2.05) is 0 Å². The summed E-state index contributed by atoms with van der Waals surface area (Å²) in [4.78, 5) is 20.4. The second-order valence-electron chi connectivity index (χ2n) is 9.00. The van der Waals surface area contributed by atoms with Crippen molar-refractivity contribution in [2.75, 3.05) is 39.4 Å². The van der Waals surface area contributed by atoms with Crippen LogP contribution in [0.15, 0.2) is 39.4 Å². The highest BCUT2D eigenvalue weighted by Gasteiger charge is 2.47. The van der Waals surface area contributed by atoms with Gasteiger partial charge in [-0.25, -0.2) is 4.99 Å². The van der Waals surface area contributed by atoms with E-state index in [9.17, 15) is 4.79 Å². The van der Waals surface area contributed by atoms with Crippen LogP contribution in [0.5, 0.6) is 0 Å². The Morgan fingerprint density at radius 2 is 2.14 bits per heavy atom. The van der Waals surface area contributed by atoms with Crippen LogP contribution in [0.2, 0.25) is 0 Å². The van der Waals surface area contributed by atoms with Gasteiger partial charge in [-0.05, 0) is 35.5 Å². The minimum absolute atomic E-state index is 0.0222. The number of hydrogen-bond donors (Lipinski definition) is 1. The second kappa shape index (κ2) is 8.17. The van der Waals surface area contributed by atoms with Crippen molar-refractivity contribution in [2.24, 2.45) is 16.3 Å². The molecule has 0 aromatic heterocycles. The third-order valence-corrected chi connectivity index (χ3v) is 7.24. The van der Waals surface area contributed by atoms with Gasteiger partial charge in [0, 0.05) is 32.1 Å². The molecule has 1 fully saturated rings. The largest absolute Gasteiger partial charge is 0.379 e. The number of carbonyl (C=O) groups is 1. The lowest BCUT2D eigenvalue weighted by molar-refractivity contribution is -0.121. The molecule has 0 spiro atoms. The third-order valence-electron chi connectivity index (χ3n) is 5.92. The Kier molecular flexibility index (Phi) is 5.81. The van der Waals surface area contributed by atoms with Crippen LogP contribution < -0.4 is 5.32 Å². The number of nitrogens with zero attached hydrogens (tertiary/aromatic N) is 2. The molecule has 2 unspecified atom stereocenters. The van der Waals surface area contributed by atoms with Gasteiger partial charge in [0.2, 0.25) is 5.91 Å². The van der Waals surface area contributed by atoms with Crippen LogP contribution in [0.4, 0.5) is 0 Å². The van der Waals surface area contributed by atoms with Gasteiger partial charge in [-0.2, -0.15) is 0 Å². The van der Waals surface area contributed by atoms with Gasteiger partial charge in [-0.3, -0.25) is 9.69 Å². The SMILES string of the molecule is CC(C)(C)C1C2=C(N=C3C=CCC=C3C2)SC1C(=O)NCCN1CCOCC1. The summed E-state index contributed by atoms with van der Waals surface area (Å²) in [6, 6.07) is 0. The van der Waals surface area contributed by atoms with Crippen LogP contribution in [0, 0.1) is 11.3 Å². The number of fused-ring (bicyclic) bond motifs is 1. The zero-order valence-corrected chi connectivity index (χ0v) is 18.0. The molecule has 0 radical (unpaired) electrons. The molecular formula is C22H31N3O2S. The molecule has 0 aromatic rings. The van der Waals surface area contributed by atoms with Gasteiger partial charge in [0.25, 0.3) is 0 Å². The van der Waals surface area contributed by atoms with Gasteiger partial charge < -0.3 is 10.1 Å². The molecule has 1 N–H and O–H groups in total. The molecule has 0 bridgehead atoms. The number of rotatable bonds is 4. The molecule has 28 heavy (non-hydrogen) atoms. The first kappa shape index (κ1) is 19.9. The first-order chi connectivity index (χ1) is 13.4. The molecule has 0 aromatic carbocycles. The van der Waals surface area contributed by atoms with Crippen LogP contribution in [-0.4, -0.2) is 61.2 Å². The molecule has 5 nitrogen and oxygen atoms in total. The first-order valence-electron chi connectivity index (χ1n) is 10.4. The molecule has 0 saturated carbocycles. The number of nitrogens with one attached hydrogen (secondary N) is 1. The number of hydrogen-bond acceptors (Lipinski definition) is 5. The molecule has 3 heterocycles. The monoisotopic (exact) mass is 401 g/mol. The van der Waals surface area contributed by atoms with Crippen molar-refractivity contribution < 1.29 is 9.53 Å². The van der Waals surface area contributed by atoms with Crippen molar-refractivity contribution in [1.29, 1.82) is 0 Å². The molecule has 3 aliphatic heterocycles. The van der Waals surface area contributed by atoms with E-state index in [0.717, 1.165) is 56.4 Å². The van der Waals surface area contributed by atoms with Gasteiger partial charge in [-0.1, -0.05) is 44.7 Å². The topological polar surface area (TPSA) is 53.9 Å².